The molecule has 1 saturated carbocycles. The number of hydrogen-bond donors (Lipinski definition) is 2. The molecule has 20 heavy (non-hydrogen) atoms. The van der Waals surface area contributed by atoms with Crippen LogP contribution in [-0.4, -0.2) is 64.3 Å². The van der Waals surface area contributed by atoms with Crippen molar-refractivity contribution in [1.82, 2.24) is 9.80 Å². The SMILES string of the molecule is CN(C(=O)N1CCCC(C(=O)O)C1)C1CCCCC1O. The fraction of sp³-hybridized carbons (Fsp3) is 0.857. The number of hydrogen-bond acceptors (Lipinski definition) is 3. The lowest BCUT2D eigenvalue weighted by Gasteiger charge is -2.40. The zero-order valence-corrected chi connectivity index (χ0v) is 12.0. The van der Waals surface area contributed by atoms with Gasteiger partial charge in [-0.15, -0.1) is 0 Å². The average molecular weight is 284 g/mol. The minimum absolute atomic E-state index is 0.138. The second-order valence-corrected chi connectivity index (χ2v) is 5.94. The summed E-state index contributed by atoms with van der Waals surface area (Å²) in [6.07, 6.45) is 4.48. The van der Waals surface area contributed by atoms with E-state index in [9.17, 15) is 14.7 Å². The lowest BCUT2D eigenvalue weighted by molar-refractivity contribution is -0.143. The number of nitrogens with zero attached hydrogens (tertiary/aromatic N) is 2. The molecule has 0 aromatic carbocycles. The minimum Gasteiger partial charge on any atom is -0.481 e. The standard InChI is InChI=1S/C14H24N2O4/c1-15(11-6-2-3-7-12(11)17)14(20)16-8-4-5-10(9-16)13(18)19/h10-12,17H,2-9H2,1H3,(H,18,19). The third-order valence-electron chi connectivity index (χ3n) is 4.53. The molecule has 114 valence electrons. The van der Waals surface area contributed by atoms with Crippen LogP contribution in [-0.2, 0) is 4.79 Å². The number of aliphatic carboxylic acids is 1. The number of piperidine rings is 1. The molecule has 2 aliphatic rings. The van der Waals surface area contributed by atoms with Gasteiger partial charge in [0.2, 0.25) is 0 Å². The summed E-state index contributed by atoms with van der Waals surface area (Å²) in [4.78, 5) is 26.7. The first-order chi connectivity index (χ1) is 9.50. The van der Waals surface area contributed by atoms with Crippen molar-refractivity contribution >= 4 is 12.0 Å². The number of likely N-dealkylation sites (N-methyl/N-ethyl adjacent to an activating group) is 1. The molecule has 6 heteroatoms. The van der Waals surface area contributed by atoms with Crippen molar-refractivity contribution < 1.29 is 19.8 Å². The van der Waals surface area contributed by atoms with E-state index in [4.69, 9.17) is 5.11 Å². The van der Waals surface area contributed by atoms with Crippen molar-refractivity contribution in [3.63, 3.8) is 0 Å². The van der Waals surface area contributed by atoms with Gasteiger partial charge in [0.25, 0.3) is 0 Å². The van der Waals surface area contributed by atoms with E-state index in [1.54, 1.807) is 16.8 Å². The molecule has 0 aromatic heterocycles. The van der Waals surface area contributed by atoms with Gasteiger partial charge in [-0.2, -0.15) is 0 Å². The fourth-order valence-electron chi connectivity index (χ4n) is 3.26. The normalized spacial score (nSPS) is 30.9. The Morgan fingerprint density at radius 1 is 1.15 bits per heavy atom. The molecule has 0 spiro atoms. The number of aliphatic hydroxyl groups is 1. The van der Waals surface area contributed by atoms with Gasteiger partial charge in [-0.05, 0) is 25.7 Å². The summed E-state index contributed by atoms with van der Waals surface area (Å²) in [5.41, 5.74) is 0. The number of carbonyl (C=O) groups is 2. The van der Waals surface area contributed by atoms with E-state index in [0.29, 0.717) is 13.0 Å². The van der Waals surface area contributed by atoms with Gasteiger partial charge in [-0.25, -0.2) is 4.79 Å². The van der Waals surface area contributed by atoms with Crippen LogP contribution in [0, 0.1) is 5.92 Å². The van der Waals surface area contributed by atoms with Crippen LogP contribution in [0.4, 0.5) is 4.79 Å². The Morgan fingerprint density at radius 3 is 2.50 bits per heavy atom. The molecular weight excluding hydrogens is 260 g/mol. The molecule has 2 rings (SSSR count). The van der Waals surface area contributed by atoms with Crippen LogP contribution in [0.25, 0.3) is 0 Å². The summed E-state index contributed by atoms with van der Waals surface area (Å²) >= 11 is 0. The molecule has 1 saturated heterocycles. The van der Waals surface area contributed by atoms with E-state index in [1.807, 2.05) is 0 Å². The first-order valence-corrected chi connectivity index (χ1v) is 7.43. The molecule has 3 unspecified atom stereocenters. The number of likely N-dealkylation sites (tertiary alicyclic amines) is 1. The van der Waals surface area contributed by atoms with Crippen LogP contribution in [0.5, 0.6) is 0 Å². The number of urea groups is 1. The number of carboxylic acid groups (broad SMARTS) is 1. The van der Waals surface area contributed by atoms with Crippen molar-refractivity contribution in [2.45, 2.75) is 50.7 Å². The summed E-state index contributed by atoms with van der Waals surface area (Å²) < 4.78 is 0. The van der Waals surface area contributed by atoms with Gasteiger partial charge < -0.3 is 20.0 Å². The van der Waals surface area contributed by atoms with Crippen LogP contribution >= 0.6 is 0 Å². The molecule has 0 bridgehead atoms. The molecule has 3 atom stereocenters. The van der Waals surface area contributed by atoms with Gasteiger partial charge in [-0.1, -0.05) is 12.8 Å². The van der Waals surface area contributed by atoms with Crippen molar-refractivity contribution in [3.05, 3.63) is 0 Å². The molecule has 2 N–H and O–H groups in total. The third kappa shape index (κ3) is 3.23. The second-order valence-electron chi connectivity index (χ2n) is 5.94. The predicted molar refractivity (Wildman–Crippen MR) is 73.4 cm³/mol. The quantitative estimate of drug-likeness (QED) is 0.796. The summed E-state index contributed by atoms with van der Waals surface area (Å²) in [5.74, 6) is -1.29. The predicted octanol–water partition coefficient (Wildman–Crippen LogP) is 1.14. The Kier molecular flexibility index (Phi) is 4.86. The molecule has 1 aliphatic carbocycles. The molecule has 6 nitrogen and oxygen atoms in total. The zero-order valence-electron chi connectivity index (χ0n) is 12.0. The van der Waals surface area contributed by atoms with Crippen LogP contribution in [0.1, 0.15) is 38.5 Å². The Bertz CT molecular complexity index is 374. The summed E-state index contributed by atoms with van der Waals surface area (Å²) in [6, 6.07) is -0.289. The number of carboxylic acids is 1. The average Bonchev–Trinajstić information content (AvgIpc) is 2.46. The van der Waals surface area contributed by atoms with E-state index in [-0.39, 0.29) is 18.6 Å². The zero-order chi connectivity index (χ0) is 14.7. The molecule has 0 aromatic rings. The fourth-order valence-corrected chi connectivity index (χ4v) is 3.26. The lowest BCUT2D eigenvalue weighted by Crippen LogP contribution is -2.53. The number of rotatable bonds is 2. The van der Waals surface area contributed by atoms with Crippen LogP contribution < -0.4 is 0 Å². The Morgan fingerprint density at radius 2 is 1.85 bits per heavy atom. The maximum absolute atomic E-state index is 12.5. The van der Waals surface area contributed by atoms with Gasteiger partial charge in [0.1, 0.15) is 0 Å². The van der Waals surface area contributed by atoms with Gasteiger partial charge >= 0.3 is 12.0 Å². The van der Waals surface area contributed by atoms with Crippen LogP contribution in [0.2, 0.25) is 0 Å². The molecule has 1 aliphatic heterocycles. The van der Waals surface area contributed by atoms with Crippen LogP contribution in [0.15, 0.2) is 0 Å². The highest BCUT2D eigenvalue weighted by molar-refractivity contribution is 5.76. The van der Waals surface area contributed by atoms with E-state index >= 15 is 0 Å². The first kappa shape index (κ1) is 15.1. The molecule has 2 amide bonds. The Labute approximate surface area is 119 Å². The number of amides is 2. The van der Waals surface area contributed by atoms with E-state index in [2.05, 4.69) is 0 Å². The topological polar surface area (TPSA) is 81.1 Å². The molecule has 1 heterocycles. The van der Waals surface area contributed by atoms with Gasteiger partial charge in [0.15, 0.2) is 0 Å². The van der Waals surface area contributed by atoms with Crippen molar-refractivity contribution in [2.75, 3.05) is 20.1 Å². The first-order valence-electron chi connectivity index (χ1n) is 7.43. The van der Waals surface area contributed by atoms with E-state index in [0.717, 1.165) is 32.1 Å². The summed E-state index contributed by atoms with van der Waals surface area (Å²) in [7, 11) is 1.71. The Balaban J connectivity index is 1.97. The van der Waals surface area contributed by atoms with Gasteiger partial charge in [-0.3, -0.25) is 4.79 Å². The van der Waals surface area contributed by atoms with Crippen LogP contribution in [0.3, 0.4) is 0 Å². The Hall–Kier alpha value is -1.30. The van der Waals surface area contributed by atoms with Crippen molar-refractivity contribution in [3.8, 4) is 0 Å². The molecule has 2 fully saturated rings. The molecule has 0 radical (unpaired) electrons. The molecular formula is C14H24N2O4. The maximum atomic E-state index is 12.5. The summed E-state index contributed by atoms with van der Waals surface area (Å²) in [6.45, 7) is 0.886. The monoisotopic (exact) mass is 284 g/mol. The number of carbonyl (C=O) groups excluding carboxylic acids is 1. The third-order valence-corrected chi connectivity index (χ3v) is 4.53. The van der Waals surface area contributed by atoms with Crippen molar-refractivity contribution in [1.29, 1.82) is 0 Å². The van der Waals surface area contributed by atoms with E-state index in [1.165, 1.54) is 0 Å². The van der Waals surface area contributed by atoms with Gasteiger partial charge in [0, 0.05) is 20.1 Å². The highest BCUT2D eigenvalue weighted by Gasteiger charge is 2.34. The number of aliphatic hydroxyl groups excluding tert-OH is 1. The smallest absolute Gasteiger partial charge is 0.320 e. The van der Waals surface area contributed by atoms with Crippen molar-refractivity contribution in [2.24, 2.45) is 5.92 Å². The van der Waals surface area contributed by atoms with Gasteiger partial charge in [0.05, 0.1) is 18.1 Å². The second kappa shape index (κ2) is 6.43. The summed E-state index contributed by atoms with van der Waals surface area (Å²) in [5, 5.41) is 19.1. The highest BCUT2D eigenvalue weighted by atomic mass is 16.4. The lowest BCUT2D eigenvalue weighted by atomic mass is 9.91. The van der Waals surface area contributed by atoms with E-state index < -0.39 is 18.0 Å². The highest BCUT2D eigenvalue weighted by Crippen LogP contribution is 2.24. The maximum Gasteiger partial charge on any atom is 0.320 e. The largest absolute Gasteiger partial charge is 0.481 e. The minimum atomic E-state index is -0.831.